The molecule has 0 aromatic carbocycles. The number of likely N-dealkylation sites (tertiary alicyclic amines) is 1. The zero-order valence-electron chi connectivity index (χ0n) is 33.2. The second-order valence-corrected chi connectivity index (χ2v) is 12.1. The van der Waals surface area contributed by atoms with Crippen molar-refractivity contribution >= 4 is 12.4 Å². The molecule has 3 atom stereocenters. The first-order valence-electron chi connectivity index (χ1n) is 20.5. The van der Waals surface area contributed by atoms with Gasteiger partial charge in [-0.3, -0.25) is 9.59 Å². The molecule has 2 aliphatic rings. The maximum Gasteiger partial charge on any atom is 0.323 e. The normalized spacial score (nSPS) is 17.4. The minimum atomic E-state index is -0.176. The highest BCUT2D eigenvalue weighted by molar-refractivity contribution is 5.76. The summed E-state index contributed by atoms with van der Waals surface area (Å²) >= 11 is 0. The first-order chi connectivity index (χ1) is 23.1. The summed E-state index contributed by atoms with van der Waals surface area (Å²) in [5.41, 5.74) is 0. The Morgan fingerprint density at radius 2 is 1.23 bits per heavy atom. The summed E-state index contributed by atoms with van der Waals surface area (Å²) in [5.74, 6) is -0.112. The molecule has 0 amide bonds. The molecule has 2 rings (SSSR count). The molecule has 2 fully saturated rings. The summed E-state index contributed by atoms with van der Waals surface area (Å²) < 4.78 is 16.4. The molecule has 0 bridgehead atoms. The van der Waals surface area contributed by atoms with Crippen LogP contribution in [-0.2, 0) is 23.8 Å². The van der Waals surface area contributed by atoms with E-state index in [1.165, 1.54) is 96.6 Å². The third-order valence-electron chi connectivity index (χ3n) is 8.30. The fourth-order valence-electron chi connectivity index (χ4n) is 5.67. The maximum absolute atomic E-state index is 11.9. The molecule has 3 unspecified atom stereocenters. The maximum atomic E-state index is 11.9. The lowest BCUT2D eigenvalue weighted by atomic mass is 10.0. The number of carbonyl (C=O) groups excluding carboxylic acids is 2. The summed E-state index contributed by atoms with van der Waals surface area (Å²) in [6.45, 7) is 25.0. The number of nitrogens with one attached hydrogen (secondary N) is 1. The van der Waals surface area contributed by atoms with Gasteiger partial charge in [0.25, 0.3) is 6.47 Å². The van der Waals surface area contributed by atoms with Crippen LogP contribution in [0.4, 0.5) is 0 Å². The molecule has 2 aliphatic heterocycles. The Balaban J connectivity index is -0.000000717. The number of nitrogens with zero attached hydrogens (tertiary/aromatic N) is 1. The van der Waals surface area contributed by atoms with Crippen LogP contribution in [-0.4, -0.2) is 75.0 Å². The molecule has 1 N–H and O–H groups in total. The zero-order valence-corrected chi connectivity index (χ0v) is 33.2. The van der Waals surface area contributed by atoms with Crippen LogP contribution in [0.1, 0.15) is 191 Å². The van der Waals surface area contributed by atoms with Gasteiger partial charge in [-0.25, -0.2) is 0 Å². The van der Waals surface area contributed by atoms with E-state index in [4.69, 9.17) is 14.2 Å². The lowest BCUT2D eigenvalue weighted by molar-refractivity contribution is -0.146. The van der Waals surface area contributed by atoms with Crippen LogP contribution in [0.25, 0.3) is 0 Å². The fourth-order valence-corrected chi connectivity index (χ4v) is 5.67. The van der Waals surface area contributed by atoms with Gasteiger partial charge in [0.05, 0.1) is 12.7 Å². The smallest absolute Gasteiger partial charge is 0.323 e. The van der Waals surface area contributed by atoms with Gasteiger partial charge in [-0.15, -0.1) is 0 Å². The molecule has 47 heavy (non-hydrogen) atoms. The number of ether oxygens (including phenoxy) is 3. The minimum Gasteiger partial charge on any atom is -0.465 e. The molecule has 0 saturated carbocycles. The van der Waals surface area contributed by atoms with E-state index in [0.717, 1.165) is 64.6 Å². The van der Waals surface area contributed by atoms with E-state index in [9.17, 15) is 9.59 Å². The Kier molecular flexibility index (Phi) is 45.8. The van der Waals surface area contributed by atoms with E-state index in [0.29, 0.717) is 13.1 Å². The number of carbonyl (C=O) groups is 2. The molecular formula is C40H84N2O5. The van der Waals surface area contributed by atoms with Gasteiger partial charge in [0.15, 0.2) is 0 Å². The minimum absolute atomic E-state index is 0.112. The molecule has 0 aromatic heterocycles. The Morgan fingerprint density at radius 1 is 0.723 bits per heavy atom. The standard InChI is InChI=1S/C17H32N2O3.C17H34O2.3C2H6/c1-2-3-6-11-22-17(20)16-13-15(14-18-16)21-12-7-10-19-8-4-5-9-19;1-3-5-7-9-11-13-15-17(19-16-18)14-12-10-8-6-4-2;3*1-2/h15-16,18H,2-14H2,1H3;16-17H,3-15H2,1-2H3;3*1-2H3. The van der Waals surface area contributed by atoms with Crippen LogP contribution in [0.2, 0.25) is 0 Å². The van der Waals surface area contributed by atoms with Crippen molar-refractivity contribution in [2.45, 2.75) is 209 Å². The van der Waals surface area contributed by atoms with Gasteiger partial charge in [-0.2, -0.15) is 0 Å². The van der Waals surface area contributed by atoms with Crippen LogP contribution in [0, 0.1) is 0 Å². The lowest BCUT2D eigenvalue weighted by Gasteiger charge is -2.16. The Bertz CT molecular complexity index is 601. The predicted molar refractivity (Wildman–Crippen MR) is 203 cm³/mol. The van der Waals surface area contributed by atoms with Gasteiger partial charge in [-0.1, -0.05) is 133 Å². The topological polar surface area (TPSA) is 77.1 Å². The summed E-state index contributed by atoms with van der Waals surface area (Å²) in [5, 5.41) is 3.22. The van der Waals surface area contributed by atoms with Gasteiger partial charge < -0.3 is 24.4 Å². The monoisotopic (exact) mass is 673 g/mol. The van der Waals surface area contributed by atoms with Crippen molar-refractivity contribution in [1.29, 1.82) is 0 Å². The van der Waals surface area contributed by atoms with Crippen molar-refractivity contribution in [3.05, 3.63) is 0 Å². The molecule has 7 heteroatoms. The molecule has 284 valence electrons. The van der Waals surface area contributed by atoms with Crippen molar-refractivity contribution in [2.75, 3.05) is 39.4 Å². The van der Waals surface area contributed by atoms with Gasteiger partial charge >= 0.3 is 5.97 Å². The quantitative estimate of drug-likeness (QED) is 0.0587. The van der Waals surface area contributed by atoms with E-state index in [1.807, 2.05) is 41.5 Å². The van der Waals surface area contributed by atoms with Gasteiger partial charge in [0.1, 0.15) is 12.1 Å². The Hall–Kier alpha value is -1.18. The van der Waals surface area contributed by atoms with E-state index in [-0.39, 0.29) is 24.2 Å². The Labute approximate surface area is 294 Å². The van der Waals surface area contributed by atoms with Crippen LogP contribution < -0.4 is 5.32 Å². The number of esters is 1. The molecule has 0 aromatic rings. The summed E-state index contributed by atoms with van der Waals surface area (Å²) in [4.78, 5) is 24.9. The third kappa shape index (κ3) is 33.1. The van der Waals surface area contributed by atoms with Gasteiger partial charge in [0.2, 0.25) is 0 Å². The summed E-state index contributed by atoms with van der Waals surface area (Å²) in [7, 11) is 0. The molecule has 7 nitrogen and oxygen atoms in total. The SMILES string of the molecule is CC.CC.CC.CCCCCCCCC(CCCCCCC)OC=O.CCCCCOC(=O)C1CC(OCCCN2CCCC2)CN1. The largest absolute Gasteiger partial charge is 0.465 e. The molecule has 0 aliphatic carbocycles. The first-order valence-corrected chi connectivity index (χ1v) is 20.5. The van der Waals surface area contributed by atoms with Crippen molar-refractivity contribution in [3.8, 4) is 0 Å². The second-order valence-electron chi connectivity index (χ2n) is 12.1. The predicted octanol–water partition coefficient (Wildman–Crippen LogP) is 10.7. The summed E-state index contributed by atoms with van der Waals surface area (Å²) in [6, 6.07) is -0.176. The van der Waals surface area contributed by atoms with Gasteiger partial charge in [0, 0.05) is 26.1 Å². The highest BCUT2D eigenvalue weighted by atomic mass is 16.5. The van der Waals surface area contributed by atoms with Crippen LogP contribution in [0.3, 0.4) is 0 Å². The van der Waals surface area contributed by atoms with E-state index >= 15 is 0 Å². The van der Waals surface area contributed by atoms with E-state index in [2.05, 4.69) is 31.0 Å². The van der Waals surface area contributed by atoms with Crippen LogP contribution in [0.15, 0.2) is 0 Å². The number of rotatable bonds is 25. The van der Waals surface area contributed by atoms with Gasteiger partial charge in [-0.05, 0) is 64.5 Å². The van der Waals surface area contributed by atoms with Crippen LogP contribution >= 0.6 is 0 Å². The van der Waals surface area contributed by atoms with Crippen molar-refractivity contribution < 1.29 is 23.8 Å². The van der Waals surface area contributed by atoms with E-state index in [1.54, 1.807) is 0 Å². The number of hydrogen-bond acceptors (Lipinski definition) is 7. The third-order valence-corrected chi connectivity index (χ3v) is 8.30. The lowest BCUT2D eigenvalue weighted by Crippen LogP contribution is -2.32. The molecule has 0 spiro atoms. The molecule has 0 radical (unpaired) electrons. The average Bonchev–Trinajstić information content (AvgIpc) is 3.82. The number of unbranched alkanes of at least 4 members (excludes halogenated alkanes) is 11. The molecule has 2 saturated heterocycles. The average molecular weight is 673 g/mol. The molecule has 2 heterocycles. The van der Waals surface area contributed by atoms with Crippen molar-refractivity contribution in [2.24, 2.45) is 0 Å². The van der Waals surface area contributed by atoms with E-state index < -0.39 is 0 Å². The fraction of sp³-hybridized carbons (Fsp3) is 0.950. The first kappa shape index (κ1) is 50.2. The second kappa shape index (κ2) is 42.8. The highest BCUT2D eigenvalue weighted by Crippen LogP contribution is 2.16. The van der Waals surface area contributed by atoms with Crippen LogP contribution in [0.5, 0.6) is 0 Å². The zero-order chi connectivity index (χ0) is 35.8. The van der Waals surface area contributed by atoms with Crippen molar-refractivity contribution in [3.63, 3.8) is 0 Å². The Morgan fingerprint density at radius 3 is 1.77 bits per heavy atom. The number of hydrogen-bond donors (Lipinski definition) is 1. The molecular weight excluding hydrogens is 588 g/mol. The highest BCUT2D eigenvalue weighted by Gasteiger charge is 2.31. The van der Waals surface area contributed by atoms with Crippen molar-refractivity contribution in [1.82, 2.24) is 10.2 Å². The summed E-state index contributed by atoms with van der Waals surface area (Å²) in [6.07, 6.45) is 24.4.